The number of benzene rings is 1. The van der Waals surface area contributed by atoms with Crippen molar-refractivity contribution in [2.24, 2.45) is 0 Å². The summed E-state index contributed by atoms with van der Waals surface area (Å²) >= 11 is 5.88. The van der Waals surface area contributed by atoms with Crippen LogP contribution in [0.3, 0.4) is 0 Å². The number of nitrogens with zero attached hydrogens (tertiary/aromatic N) is 2. The van der Waals surface area contributed by atoms with Gasteiger partial charge in [0.05, 0.1) is 6.42 Å². The van der Waals surface area contributed by atoms with Gasteiger partial charge < -0.3 is 10.0 Å². The third kappa shape index (κ3) is 3.91. The Kier molecular flexibility index (Phi) is 4.96. The summed E-state index contributed by atoms with van der Waals surface area (Å²) in [6.07, 6.45) is -0.0521. The highest BCUT2D eigenvalue weighted by Gasteiger charge is 2.26. The lowest BCUT2D eigenvalue weighted by molar-refractivity contribution is -0.138. The molecule has 6 heteroatoms. The fraction of sp³-hybridized carbons (Fsp3) is 0.500. The number of hydrogen-bond donors (Lipinski definition) is 1. The van der Waals surface area contributed by atoms with Crippen LogP contribution in [0.4, 0.5) is 4.39 Å². The molecule has 1 N–H and O–H groups in total. The van der Waals surface area contributed by atoms with Gasteiger partial charge in [-0.1, -0.05) is 11.6 Å². The van der Waals surface area contributed by atoms with E-state index in [0.29, 0.717) is 10.6 Å². The molecule has 1 aromatic carbocycles. The molecule has 1 unspecified atom stereocenters. The van der Waals surface area contributed by atoms with E-state index >= 15 is 0 Å². The third-order valence-electron chi connectivity index (χ3n) is 3.62. The monoisotopic (exact) mass is 300 g/mol. The molecule has 0 spiro atoms. The normalized spacial score (nSPS) is 18.9. The van der Waals surface area contributed by atoms with Crippen LogP contribution >= 0.6 is 11.6 Å². The predicted octanol–water partition coefficient (Wildman–Crippen LogP) is 2.24. The van der Waals surface area contributed by atoms with Crippen molar-refractivity contribution in [1.29, 1.82) is 0 Å². The molecule has 0 aliphatic carbocycles. The summed E-state index contributed by atoms with van der Waals surface area (Å²) < 4.78 is 13.5. The number of likely N-dealkylation sites (N-methyl/N-ethyl adjacent to an activating group) is 1. The van der Waals surface area contributed by atoms with Gasteiger partial charge in [0.1, 0.15) is 5.82 Å². The molecule has 0 amide bonds. The second kappa shape index (κ2) is 6.52. The van der Waals surface area contributed by atoms with Gasteiger partial charge in [-0.25, -0.2) is 4.39 Å². The molecule has 1 saturated heterocycles. The largest absolute Gasteiger partial charge is 0.481 e. The lowest BCUT2D eigenvalue weighted by Gasteiger charge is -2.37. The van der Waals surface area contributed by atoms with E-state index in [9.17, 15) is 9.18 Å². The molecule has 2 rings (SSSR count). The molecule has 4 nitrogen and oxygen atoms in total. The van der Waals surface area contributed by atoms with Gasteiger partial charge in [0.2, 0.25) is 0 Å². The maximum absolute atomic E-state index is 13.5. The van der Waals surface area contributed by atoms with Crippen LogP contribution in [0.5, 0.6) is 0 Å². The van der Waals surface area contributed by atoms with Crippen molar-refractivity contribution >= 4 is 17.6 Å². The minimum Gasteiger partial charge on any atom is -0.481 e. The zero-order valence-corrected chi connectivity index (χ0v) is 12.1. The maximum atomic E-state index is 13.5. The first-order valence-corrected chi connectivity index (χ1v) is 6.94. The van der Waals surface area contributed by atoms with E-state index in [4.69, 9.17) is 16.7 Å². The second-order valence-corrected chi connectivity index (χ2v) is 5.59. The Morgan fingerprint density at radius 3 is 2.55 bits per heavy atom. The molecule has 0 aromatic heterocycles. The molecule has 110 valence electrons. The minimum atomic E-state index is -0.894. The van der Waals surface area contributed by atoms with E-state index in [-0.39, 0.29) is 12.5 Å². The summed E-state index contributed by atoms with van der Waals surface area (Å²) in [7, 11) is 2.03. The van der Waals surface area contributed by atoms with Crippen LogP contribution in [0.2, 0.25) is 5.02 Å². The molecule has 0 saturated carbocycles. The fourth-order valence-electron chi connectivity index (χ4n) is 2.52. The first-order valence-electron chi connectivity index (χ1n) is 6.56. The Hall–Kier alpha value is -1.17. The Bertz CT molecular complexity index is 470. The van der Waals surface area contributed by atoms with Crippen molar-refractivity contribution in [2.75, 3.05) is 33.2 Å². The molecule has 1 fully saturated rings. The summed E-state index contributed by atoms with van der Waals surface area (Å²) in [5.74, 6) is -1.33. The Morgan fingerprint density at radius 1 is 1.35 bits per heavy atom. The van der Waals surface area contributed by atoms with E-state index < -0.39 is 11.8 Å². The molecule has 1 aliphatic heterocycles. The van der Waals surface area contributed by atoms with Crippen molar-refractivity contribution in [2.45, 2.75) is 12.5 Å². The van der Waals surface area contributed by atoms with Crippen LogP contribution < -0.4 is 0 Å². The predicted molar refractivity (Wildman–Crippen MR) is 75.5 cm³/mol. The number of carboxylic acids is 1. The zero-order chi connectivity index (χ0) is 14.7. The number of hydrogen-bond acceptors (Lipinski definition) is 3. The Labute approximate surface area is 122 Å². The average Bonchev–Trinajstić information content (AvgIpc) is 2.35. The van der Waals surface area contributed by atoms with Crippen molar-refractivity contribution in [3.05, 3.63) is 34.6 Å². The van der Waals surface area contributed by atoms with Crippen LogP contribution in [-0.2, 0) is 4.79 Å². The first-order chi connectivity index (χ1) is 9.45. The zero-order valence-electron chi connectivity index (χ0n) is 11.4. The van der Waals surface area contributed by atoms with Crippen molar-refractivity contribution < 1.29 is 14.3 Å². The summed E-state index contributed by atoms with van der Waals surface area (Å²) in [5.41, 5.74) is 0.627. The van der Waals surface area contributed by atoms with Crippen LogP contribution in [0.15, 0.2) is 18.2 Å². The minimum absolute atomic E-state index is 0.0521. The SMILES string of the molecule is CN1CCN(C(CC(=O)O)c2cc(F)cc(Cl)c2)CC1. The maximum Gasteiger partial charge on any atom is 0.305 e. The van der Waals surface area contributed by atoms with Crippen molar-refractivity contribution in [1.82, 2.24) is 9.80 Å². The molecular weight excluding hydrogens is 283 g/mol. The number of halogens is 2. The molecule has 0 bridgehead atoms. The van der Waals surface area contributed by atoms with E-state index in [2.05, 4.69) is 9.80 Å². The quantitative estimate of drug-likeness (QED) is 0.926. The molecule has 1 heterocycles. The Morgan fingerprint density at radius 2 is 2.00 bits per heavy atom. The number of carbonyl (C=O) groups is 1. The Balaban J connectivity index is 2.24. The van der Waals surface area contributed by atoms with Gasteiger partial charge in [-0.05, 0) is 30.8 Å². The summed E-state index contributed by atoms with van der Waals surface area (Å²) in [6, 6.07) is 3.91. The highest BCUT2D eigenvalue weighted by atomic mass is 35.5. The molecule has 1 atom stereocenters. The number of aliphatic carboxylic acids is 1. The van der Waals surface area contributed by atoms with Gasteiger partial charge in [-0.15, -0.1) is 0 Å². The summed E-state index contributed by atoms with van der Waals surface area (Å²) in [5, 5.41) is 9.40. The number of carboxylic acid groups (broad SMARTS) is 1. The number of rotatable bonds is 4. The van der Waals surface area contributed by atoms with Gasteiger partial charge in [0.15, 0.2) is 0 Å². The summed E-state index contributed by atoms with van der Waals surface area (Å²) in [6.45, 7) is 3.28. The highest BCUT2D eigenvalue weighted by Crippen LogP contribution is 2.28. The molecular formula is C14H18ClFN2O2. The molecule has 1 aromatic rings. The third-order valence-corrected chi connectivity index (χ3v) is 3.83. The fourth-order valence-corrected chi connectivity index (χ4v) is 2.75. The lowest BCUT2D eigenvalue weighted by Crippen LogP contribution is -2.46. The van der Waals surface area contributed by atoms with E-state index in [1.165, 1.54) is 12.1 Å². The average molecular weight is 301 g/mol. The highest BCUT2D eigenvalue weighted by molar-refractivity contribution is 6.30. The lowest BCUT2D eigenvalue weighted by atomic mass is 10.0. The van der Waals surface area contributed by atoms with Gasteiger partial charge in [0.25, 0.3) is 0 Å². The smallest absolute Gasteiger partial charge is 0.305 e. The molecule has 1 aliphatic rings. The van der Waals surface area contributed by atoms with Crippen molar-refractivity contribution in [3.63, 3.8) is 0 Å². The van der Waals surface area contributed by atoms with E-state index in [1.54, 1.807) is 6.07 Å². The standard InChI is InChI=1S/C14H18ClFN2O2/c1-17-2-4-18(5-3-17)13(9-14(19)20)10-6-11(15)8-12(16)7-10/h6-8,13H,2-5,9H2,1H3,(H,19,20). The molecule has 0 radical (unpaired) electrons. The van der Waals surface area contributed by atoms with Crippen LogP contribution in [-0.4, -0.2) is 54.1 Å². The molecule has 20 heavy (non-hydrogen) atoms. The van der Waals surface area contributed by atoms with Crippen molar-refractivity contribution in [3.8, 4) is 0 Å². The topological polar surface area (TPSA) is 43.8 Å². The second-order valence-electron chi connectivity index (χ2n) is 5.16. The van der Waals surface area contributed by atoms with Crippen LogP contribution in [0, 0.1) is 5.82 Å². The van der Waals surface area contributed by atoms with Gasteiger partial charge >= 0.3 is 5.97 Å². The van der Waals surface area contributed by atoms with Crippen LogP contribution in [0.1, 0.15) is 18.0 Å². The van der Waals surface area contributed by atoms with E-state index in [0.717, 1.165) is 26.2 Å². The first kappa shape index (κ1) is 15.2. The van der Waals surface area contributed by atoms with Gasteiger partial charge in [-0.3, -0.25) is 9.69 Å². The number of piperazine rings is 1. The van der Waals surface area contributed by atoms with Gasteiger partial charge in [-0.2, -0.15) is 0 Å². The summed E-state index contributed by atoms with van der Waals surface area (Å²) in [4.78, 5) is 15.4. The van der Waals surface area contributed by atoms with E-state index in [1.807, 2.05) is 7.05 Å². The van der Waals surface area contributed by atoms with Crippen LogP contribution in [0.25, 0.3) is 0 Å². The van der Waals surface area contributed by atoms with Gasteiger partial charge in [0, 0.05) is 37.2 Å².